The minimum Gasteiger partial charge on any atom is -0.382 e. The molecule has 2 aliphatic heterocycles. The Balaban J connectivity index is 1.64. The number of benzene rings is 1. The van der Waals surface area contributed by atoms with E-state index in [1.54, 1.807) is 0 Å². The number of rotatable bonds is 4. The molecule has 2 saturated heterocycles. The van der Waals surface area contributed by atoms with Crippen LogP contribution >= 0.6 is 0 Å². The van der Waals surface area contributed by atoms with Crippen LogP contribution in [0.5, 0.6) is 0 Å². The van der Waals surface area contributed by atoms with Gasteiger partial charge in [0.2, 0.25) is 0 Å². The molecular weight excluding hydrogens is 268 g/mol. The molecule has 0 bridgehead atoms. The van der Waals surface area contributed by atoms with Gasteiger partial charge in [-0.1, -0.05) is 18.2 Å². The fourth-order valence-electron chi connectivity index (χ4n) is 3.14. The van der Waals surface area contributed by atoms with E-state index in [2.05, 4.69) is 34.5 Å². The summed E-state index contributed by atoms with van der Waals surface area (Å²) < 4.78 is 11.4. The molecule has 2 fully saturated rings. The number of likely N-dealkylation sites (tertiary alicyclic amines) is 1. The summed E-state index contributed by atoms with van der Waals surface area (Å²) in [6.45, 7) is 3.52. The molecule has 0 atom stereocenters. The molecule has 0 saturated carbocycles. The molecule has 3 rings (SSSR count). The summed E-state index contributed by atoms with van der Waals surface area (Å²) in [4.78, 5) is 2.54. The van der Waals surface area contributed by atoms with Crippen LogP contribution in [0.25, 0.3) is 0 Å². The van der Waals surface area contributed by atoms with Crippen LogP contribution in [0.3, 0.4) is 0 Å². The Morgan fingerprint density at radius 3 is 2.60 bits per heavy atom. The smallest absolute Gasteiger partial charge is 0.0388 e. The van der Waals surface area contributed by atoms with Crippen LogP contribution in [0.4, 0.5) is 5.69 Å². The first-order valence-electron chi connectivity index (χ1n) is 7.73. The largest absolute Gasteiger partial charge is 0.382 e. The molecule has 2 heterocycles. The van der Waals surface area contributed by atoms with E-state index >= 15 is 0 Å². The normalized spacial score (nSPS) is 27.6. The SMILES string of the molecule is O=S1CCC(Nc2ccccc2CN2CCCC2)CC1. The Morgan fingerprint density at radius 2 is 1.85 bits per heavy atom. The average molecular weight is 292 g/mol. The van der Waals surface area contributed by atoms with Crippen LogP contribution in [-0.4, -0.2) is 39.7 Å². The Bertz CT molecular complexity index is 461. The van der Waals surface area contributed by atoms with Gasteiger partial charge in [-0.15, -0.1) is 0 Å². The van der Waals surface area contributed by atoms with Gasteiger partial charge in [-0.05, 0) is 50.4 Å². The van der Waals surface area contributed by atoms with Crippen molar-refractivity contribution in [3.05, 3.63) is 29.8 Å². The highest BCUT2D eigenvalue weighted by atomic mass is 32.2. The zero-order valence-corrected chi connectivity index (χ0v) is 12.8. The minimum atomic E-state index is -0.576. The number of hydrogen-bond acceptors (Lipinski definition) is 3. The van der Waals surface area contributed by atoms with Crippen molar-refractivity contribution in [2.75, 3.05) is 29.9 Å². The molecule has 3 nitrogen and oxygen atoms in total. The van der Waals surface area contributed by atoms with Gasteiger partial charge < -0.3 is 5.32 Å². The maximum Gasteiger partial charge on any atom is 0.0388 e. The molecular formula is C16H24N2OS. The molecule has 110 valence electrons. The summed E-state index contributed by atoms with van der Waals surface area (Å²) in [6, 6.07) is 9.16. The predicted molar refractivity (Wildman–Crippen MR) is 85.5 cm³/mol. The van der Waals surface area contributed by atoms with Crippen molar-refractivity contribution in [1.82, 2.24) is 4.90 Å². The van der Waals surface area contributed by atoms with Crippen molar-refractivity contribution in [3.63, 3.8) is 0 Å². The first-order valence-corrected chi connectivity index (χ1v) is 9.22. The van der Waals surface area contributed by atoms with Crippen molar-refractivity contribution < 1.29 is 4.21 Å². The van der Waals surface area contributed by atoms with Gasteiger partial charge in [0.1, 0.15) is 0 Å². The second-order valence-electron chi connectivity index (χ2n) is 5.91. The second-order valence-corrected chi connectivity index (χ2v) is 7.60. The lowest BCUT2D eigenvalue weighted by molar-refractivity contribution is 0.332. The van der Waals surface area contributed by atoms with Crippen LogP contribution in [0.2, 0.25) is 0 Å². The summed E-state index contributed by atoms with van der Waals surface area (Å²) in [5, 5.41) is 3.68. The molecule has 0 amide bonds. The molecule has 1 aromatic rings. The molecule has 1 aromatic carbocycles. The third kappa shape index (κ3) is 3.61. The van der Waals surface area contributed by atoms with Crippen LogP contribution in [0, 0.1) is 0 Å². The lowest BCUT2D eigenvalue weighted by Gasteiger charge is -2.26. The topological polar surface area (TPSA) is 32.3 Å². The molecule has 0 spiro atoms. The number of hydrogen-bond donors (Lipinski definition) is 1. The lowest BCUT2D eigenvalue weighted by atomic mass is 10.1. The van der Waals surface area contributed by atoms with Crippen LogP contribution in [-0.2, 0) is 17.3 Å². The van der Waals surface area contributed by atoms with E-state index in [1.807, 2.05) is 0 Å². The molecule has 0 radical (unpaired) electrons. The molecule has 4 heteroatoms. The fourth-order valence-corrected chi connectivity index (χ4v) is 4.44. The van der Waals surface area contributed by atoms with Crippen molar-refractivity contribution in [1.29, 1.82) is 0 Å². The van der Waals surface area contributed by atoms with Crippen molar-refractivity contribution in [3.8, 4) is 0 Å². The van der Waals surface area contributed by atoms with Crippen molar-refractivity contribution in [2.24, 2.45) is 0 Å². The molecule has 0 aromatic heterocycles. The highest BCUT2D eigenvalue weighted by Crippen LogP contribution is 2.23. The van der Waals surface area contributed by atoms with Gasteiger partial charge in [0.15, 0.2) is 0 Å². The van der Waals surface area contributed by atoms with E-state index in [1.165, 1.54) is 37.2 Å². The molecule has 0 unspecified atom stereocenters. The van der Waals surface area contributed by atoms with Gasteiger partial charge in [0.25, 0.3) is 0 Å². The molecule has 0 aliphatic carbocycles. The first-order chi connectivity index (χ1) is 9.81. The number of nitrogens with one attached hydrogen (secondary N) is 1. The number of para-hydroxylation sites is 1. The maximum atomic E-state index is 11.4. The minimum absolute atomic E-state index is 0.493. The number of nitrogens with zero attached hydrogens (tertiary/aromatic N) is 1. The molecule has 1 N–H and O–H groups in total. The van der Waals surface area contributed by atoms with E-state index in [4.69, 9.17) is 0 Å². The summed E-state index contributed by atoms with van der Waals surface area (Å²) in [5.41, 5.74) is 2.68. The van der Waals surface area contributed by atoms with E-state index in [0.717, 1.165) is 30.9 Å². The highest BCUT2D eigenvalue weighted by Gasteiger charge is 2.19. The summed E-state index contributed by atoms with van der Waals surface area (Å²) in [5.74, 6) is 1.71. The highest BCUT2D eigenvalue weighted by molar-refractivity contribution is 7.85. The van der Waals surface area contributed by atoms with Gasteiger partial charge in [0.05, 0.1) is 0 Å². The second kappa shape index (κ2) is 6.72. The van der Waals surface area contributed by atoms with E-state index in [0.29, 0.717) is 6.04 Å². The maximum absolute atomic E-state index is 11.4. The van der Waals surface area contributed by atoms with Gasteiger partial charge in [-0.25, -0.2) is 0 Å². The van der Waals surface area contributed by atoms with Gasteiger partial charge in [-0.2, -0.15) is 0 Å². The Hall–Kier alpha value is -0.870. The van der Waals surface area contributed by atoms with Crippen LogP contribution in [0.15, 0.2) is 24.3 Å². The van der Waals surface area contributed by atoms with Crippen LogP contribution in [0.1, 0.15) is 31.2 Å². The van der Waals surface area contributed by atoms with Gasteiger partial charge in [0, 0.05) is 40.6 Å². The van der Waals surface area contributed by atoms with E-state index in [-0.39, 0.29) is 0 Å². The Kier molecular flexibility index (Phi) is 4.73. The van der Waals surface area contributed by atoms with Crippen LogP contribution < -0.4 is 5.32 Å². The molecule has 20 heavy (non-hydrogen) atoms. The number of anilines is 1. The monoisotopic (exact) mass is 292 g/mol. The first kappa shape index (κ1) is 14.1. The quantitative estimate of drug-likeness (QED) is 0.926. The summed E-state index contributed by atoms with van der Waals surface area (Å²) in [7, 11) is -0.576. The summed E-state index contributed by atoms with van der Waals surface area (Å²) in [6.07, 6.45) is 4.74. The lowest BCUT2D eigenvalue weighted by Crippen LogP contribution is -2.30. The third-order valence-corrected chi connectivity index (χ3v) is 5.74. The fraction of sp³-hybridized carbons (Fsp3) is 0.625. The van der Waals surface area contributed by atoms with E-state index < -0.39 is 10.8 Å². The zero-order chi connectivity index (χ0) is 13.8. The zero-order valence-electron chi connectivity index (χ0n) is 12.0. The van der Waals surface area contributed by atoms with Gasteiger partial charge in [-0.3, -0.25) is 9.11 Å². The van der Waals surface area contributed by atoms with Gasteiger partial charge >= 0.3 is 0 Å². The van der Waals surface area contributed by atoms with Crippen molar-refractivity contribution in [2.45, 2.75) is 38.3 Å². The Labute approximate surface area is 124 Å². The predicted octanol–water partition coefficient (Wildman–Crippen LogP) is 2.61. The molecule has 2 aliphatic rings. The third-order valence-electron chi connectivity index (χ3n) is 4.36. The summed E-state index contributed by atoms with van der Waals surface area (Å²) >= 11 is 0. The Morgan fingerprint density at radius 1 is 1.15 bits per heavy atom. The van der Waals surface area contributed by atoms with E-state index in [9.17, 15) is 4.21 Å². The standard InChI is InChI=1S/C16H24N2OS/c19-20-11-7-15(8-12-20)17-16-6-2-1-5-14(16)13-18-9-3-4-10-18/h1-2,5-6,15,17H,3-4,7-13H2. The average Bonchev–Trinajstić information content (AvgIpc) is 2.96. The van der Waals surface area contributed by atoms with Crippen molar-refractivity contribution >= 4 is 16.5 Å².